The van der Waals surface area contributed by atoms with Crippen LogP contribution in [0.15, 0.2) is 18.3 Å². The Morgan fingerprint density at radius 2 is 2.14 bits per heavy atom. The third-order valence-corrected chi connectivity index (χ3v) is 3.83. The number of aromatic nitrogens is 3. The van der Waals surface area contributed by atoms with Gasteiger partial charge in [-0.05, 0) is 41.1 Å². The molecule has 0 fully saturated rings. The number of methoxy groups -OCH3 is 1. The number of nitrogens with zero attached hydrogens (tertiary/aromatic N) is 3. The maximum atomic E-state index is 13.0. The molecule has 0 saturated heterocycles. The summed E-state index contributed by atoms with van der Waals surface area (Å²) in [4.78, 5) is 13.0. The van der Waals surface area contributed by atoms with Crippen LogP contribution in [-0.2, 0) is 11.3 Å². The monoisotopic (exact) mass is 402 g/mol. The SMILES string of the molecule is CCCNc1nc(-c2ccc(F)cn2)nc(COC)c1I. The van der Waals surface area contributed by atoms with Crippen LogP contribution >= 0.6 is 22.6 Å². The molecule has 21 heavy (non-hydrogen) atoms. The number of rotatable bonds is 6. The smallest absolute Gasteiger partial charge is 0.180 e. The van der Waals surface area contributed by atoms with E-state index in [9.17, 15) is 4.39 Å². The Morgan fingerprint density at radius 3 is 2.76 bits per heavy atom. The van der Waals surface area contributed by atoms with E-state index in [0.717, 1.165) is 34.2 Å². The first-order valence-corrected chi connectivity index (χ1v) is 7.64. The Balaban J connectivity index is 2.44. The van der Waals surface area contributed by atoms with Crippen LogP contribution in [0, 0.1) is 9.39 Å². The second-order valence-electron chi connectivity index (χ2n) is 4.38. The van der Waals surface area contributed by atoms with Crippen molar-refractivity contribution in [3.05, 3.63) is 33.4 Å². The van der Waals surface area contributed by atoms with Gasteiger partial charge in [-0.3, -0.25) is 0 Å². The van der Waals surface area contributed by atoms with Gasteiger partial charge in [0, 0.05) is 13.7 Å². The first-order chi connectivity index (χ1) is 10.2. The Morgan fingerprint density at radius 1 is 1.33 bits per heavy atom. The zero-order valence-corrected chi connectivity index (χ0v) is 14.0. The Bertz CT molecular complexity index is 607. The molecule has 0 aliphatic heterocycles. The zero-order chi connectivity index (χ0) is 15.2. The van der Waals surface area contributed by atoms with Crippen LogP contribution in [-0.4, -0.2) is 28.6 Å². The van der Waals surface area contributed by atoms with Crippen molar-refractivity contribution in [2.75, 3.05) is 19.0 Å². The van der Waals surface area contributed by atoms with E-state index < -0.39 is 0 Å². The molecule has 7 heteroatoms. The first-order valence-electron chi connectivity index (χ1n) is 6.56. The highest BCUT2D eigenvalue weighted by Crippen LogP contribution is 2.23. The topological polar surface area (TPSA) is 59.9 Å². The first kappa shape index (κ1) is 16.0. The molecule has 0 amide bonds. The molecular weight excluding hydrogens is 386 g/mol. The van der Waals surface area contributed by atoms with Gasteiger partial charge in [0.15, 0.2) is 5.82 Å². The van der Waals surface area contributed by atoms with Crippen molar-refractivity contribution in [3.8, 4) is 11.5 Å². The molecule has 0 aromatic carbocycles. The average molecular weight is 402 g/mol. The number of nitrogens with one attached hydrogen (secondary N) is 1. The summed E-state index contributed by atoms with van der Waals surface area (Å²) in [6.45, 7) is 3.28. The van der Waals surface area contributed by atoms with Crippen LogP contribution < -0.4 is 5.32 Å². The van der Waals surface area contributed by atoms with Crippen molar-refractivity contribution >= 4 is 28.4 Å². The van der Waals surface area contributed by atoms with Gasteiger partial charge >= 0.3 is 0 Å². The van der Waals surface area contributed by atoms with E-state index in [2.05, 4.69) is 49.8 Å². The second kappa shape index (κ2) is 7.60. The van der Waals surface area contributed by atoms with Crippen molar-refractivity contribution in [1.82, 2.24) is 15.0 Å². The lowest BCUT2D eigenvalue weighted by atomic mass is 10.3. The number of anilines is 1. The number of pyridine rings is 1. The van der Waals surface area contributed by atoms with Crippen LogP contribution in [0.2, 0.25) is 0 Å². The molecule has 5 nitrogen and oxygen atoms in total. The summed E-state index contributed by atoms with van der Waals surface area (Å²) < 4.78 is 19.1. The molecule has 0 atom stereocenters. The minimum atomic E-state index is -0.384. The Hall–Kier alpha value is -1.35. The summed E-state index contributed by atoms with van der Waals surface area (Å²) in [5, 5.41) is 3.27. The molecule has 2 aromatic rings. The summed E-state index contributed by atoms with van der Waals surface area (Å²) >= 11 is 2.20. The second-order valence-corrected chi connectivity index (χ2v) is 5.46. The van der Waals surface area contributed by atoms with Crippen LogP contribution in [0.1, 0.15) is 19.0 Å². The molecule has 0 radical (unpaired) electrons. The lowest BCUT2D eigenvalue weighted by Crippen LogP contribution is -2.10. The van der Waals surface area contributed by atoms with Gasteiger partial charge in [0.2, 0.25) is 0 Å². The van der Waals surface area contributed by atoms with Gasteiger partial charge in [0.05, 0.1) is 22.1 Å². The fraction of sp³-hybridized carbons (Fsp3) is 0.357. The zero-order valence-electron chi connectivity index (χ0n) is 11.9. The molecule has 0 unspecified atom stereocenters. The van der Waals surface area contributed by atoms with Gasteiger partial charge in [0.25, 0.3) is 0 Å². The fourth-order valence-corrected chi connectivity index (χ4v) is 2.30. The minimum Gasteiger partial charge on any atom is -0.378 e. The van der Waals surface area contributed by atoms with Crippen LogP contribution in [0.4, 0.5) is 10.2 Å². The third kappa shape index (κ3) is 4.07. The lowest BCUT2D eigenvalue weighted by Gasteiger charge is -2.12. The van der Waals surface area contributed by atoms with Gasteiger partial charge in [-0.2, -0.15) is 0 Å². The highest BCUT2D eigenvalue weighted by atomic mass is 127. The molecule has 1 N–H and O–H groups in total. The van der Waals surface area contributed by atoms with Crippen LogP contribution in [0.3, 0.4) is 0 Å². The van der Waals surface area contributed by atoms with E-state index in [1.165, 1.54) is 6.07 Å². The molecule has 0 saturated carbocycles. The molecule has 0 spiro atoms. The largest absolute Gasteiger partial charge is 0.378 e. The minimum absolute atomic E-state index is 0.384. The lowest BCUT2D eigenvalue weighted by molar-refractivity contribution is 0.181. The van der Waals surface area contributed by atoms with E-state index in [4.69, 9.17) is 4.74 Å². The maximum Gasteiger partial charge on any atom is 0.180 e. The van der Waals surface area contributed by atoms with E-state index >= 15 is 0 Å². The van der Waals surface area contributed by atoms with E-state index in [0.29, 0.717) is 18.1 Å². The van der Waals surface area contributed by atoms with Crippen molar-refractivity contribution in [3.63, 3.8) is 0 Å². The number of hydrogen-bond donors (Lipinski definition) is 1. The summed E-state index contributed by atoms with van der Waals surface area (Å²) in [6, 6.07) is 2.91. The predicted octanol–water partition coefficient (Wildman–Crippen LogP) is 3.25. The van der Waals surface area contributed by atoms with Crippen molar-refractivity contribution in [1.29, 1.82) is 0 Å². The Labute approximate surface area is 136 Å². The quantitative estimate of drug-likeness (QED) is 0.752. The highest BCUT2D eigenvalue weighted by Gasteiger charge is 2.14. The predicted molar refractivity (Wildman–Crippen MR) is 87.4 cm³/mol. The molecule has 0 bridgehead atoms. The van der Waals surface area contributed by atoms with Crippen molar-refractivity contribution < 1.29 is 9.13 Å². The van der Waals surface area contributed by atoms with Gasteiger partial charge in [-0.1, -0.05) is 6.92 Å². The molecule has 112 valence electrons. The van der Waals surface area contributed by atoms with E-state index in [-0.39, 0.29) is 5.82 Å². The van der Waals surface area contributed by atoms with Crippen LogP contribution in [0.5, 0.6) is 0 Å². The average Bonchev–Trinajstić information content (AvgIpc) is 2.49. The molecule has 2 rings (SSSR count). The van der Waals surface area contributed by atoms with Gasteiger partial charge in [-0.15, -0.1) is 0 Å². The summed E-state index contributed by atoms with van der Waals surface area (Å²) in [7, 11) is 1.62. The van der Waals surface area contributed by atoms with Gasteiger partial charge in [0.1, 0.15) is 17.3 Å². The molecular formula is C14H16FIN4O. The van der Waals surface area contributed by atoms with Crippen molar-refractivity contribution in [2.45, 2.75) is 20.0 Å². The number of halogens is 2. The van der Waals surface area contributed by atoms with E-state index in [1.54, 1.807) is 13.2 Å². The Kier molecular flexibility index (Phi) is 5.80. The van der Waals surface area contributed by atoms with Crippen molar-refractivity contribution in [2.24, 2.45) is 0 Å². The molecule has 2 heterocycles. The molecule has 0 aliphatic rings. The highest BCUT2D eigenvalue weighted by molar-refractivity contribution is 14.1. The standard InChI is InChI=1S/C14H16FIN4O/c1-3-6-17-14-12(16)11(8-21-2)19-13(20-14)10-5-4-9(15)7-18-10/h4-5,7H,3,6,8H2,1-2H3,(H,17,19,20). The summed E-state index contributed by atoms with van der Waals surface area (Å²) in [5.74, 6) is 0.826. The fourth-order valence-electron chi connectivity index (χ4n) is 1.71. The maximum absolute atomic E-state index is 13.0. The molecule has 0 aliphatic carbocycles. The van der Waals surface area contributed by atoms with E-state index in [1.807, 2.05) is 0 Å². The summed E-state index contributed by atoms with van der Waals surface area (Å²) in [6.07, 6.45) is 2.15. The van der Waals surface area contributed by atoms with Gasteiger partial charge < -0.3 is 10.1 Å². The molecule has 2 aromatic heterocycles. The van der Waals surface area contributed by atoms with Gasteiger partial charge in [-0.25, -0.2) is 19.3 Å². The summed E-state index contributed by atoms with van der Waals surface area (Å²) in [5.41, 5.74) is 1.32. The number of ether oxygens (including phenoxy) is 1. The normalized spacial score (nSPS) is 10.7. The van der Waals surface area contributed by atoms with Crippen LogP contribution in [0.25, 0.3) is 11.5 Å². The third-order valence-electron chi connectivity index (χ3n) is 2.70. The number of hydrogen-bond acceptors (Lipinski definition) is 5.